The molecule has 8 heteroatoms. The molecule has 5 nitrogen and oxygen atoms in total. The molecule has 184 valence electrons. The van der Waals surface area contributed by atoms with Crippen LogP contribution in [0.1, 0.15) is 104 Å². The van der Waals surface area contributed by atoms with Crippen molar-refractivity contribution in [1.29, 1.82) is 5.26 Å². The minimum Gasteiger partial charge on any atom is -0.481 e. The van der Waals surface area contributed by atoms with Gasteiger partial charge in [-0.1, -0.05) is 88.7 Å². The van der Waals surface area contributed by atoms with Gasteiger partial charge in [-0.15, -0.1) is 11.8 Å². The summed E-state index contributed by atoms with van der Waals surface area (Å²) in [5, 5.41) is 18.6. The van der Waals surface area contributed by atoms with Crippen molar-refractivity contribution in [2.45, 2.75) is 109 Å². The highest BCUT2D eigenvalue weighted by molar-refractivity contribution is 8.47. The van der Waals surface area contributed by atoms with Gasteiger partial charge in [-0.25, -0.2) is 0 Å². The van der Waals surface area contributed by atoms with Crippen LogP contribution in [0, 0.1) is 16.7 Å². The largest absolute Gasteiger partial charge is 0.481 e. The van der Waals surface area contributed by atoms with E-state index < -0.39 is 22.1 Å². The molecular weight excluding hydrogens is 462 g/mol. The zero-order valence-electron chi connectivity index (χ0n) is 20.2. The summed E-state index contributed by atoms with van der Waals surface area (Å²) in [4.78, 5) is 23.5. The van der Waals surface area contributed by atoms with Gasteiger partial charge >= 0.3 is 11.9 Å². The Balaban J connectivity index is 4.43. The Labute approximate surface area is 208 Å². The van der Waals surface area contributed by atoms with Gasteiger partial charge in [0.25, 0.3) is 0 Å². The fourth-order valence-electron chi connectivity index (χ4n) is 3.64. The van der Waals surface area contributed by atoms with Crippen LogP contribution in [0.2, 0.25) is 0 Å². The number of carbonyl (C=O) groups excluding carboxylic acids is 1. The number of thiocarbonyl (C=S) groups is 1. The molecular formula is C24H41NO4S3. The molecule has 0 aromatic rings. The molecule has 0 rings (SSSR count). The Morgan fingerprint density at radius 2 is 1.56 bits per heavy atom. The second-order valence-electron chi connectivity index (χ2n) is 8.85. The standard InChI is InChI=1S/C24H41NO4S3/c1-5-6-7-8-9-10-11-12-13-14-17-31-22(30)32-24(3,21(28)29-4)18-23(2,19-25)16-15-20(26)27/h5-18H2,1-4H3,(H,26,27). The molecule has 0 aromatic carbocycles. The van der Waals surface area contributed by atoms with Gasteiger partial charge in [0.15, 0.2) is 0 Å². The number of hydrogen-bond donors (Lipinski definition) is 1. The fourth-order valence-corrected chi connectivity index (χ4v) is 6.92. The van der Waals surface area contributed by atoms with E-state index in [4.69, 9.17) is 22.1 Å². The number of carboxylic acids is 1. The molecule has 0 amide bonds. The predicted octanol–water partition coefficient (Wildman–Crippen LogP) is 7.38. The van der Waals surface area contributed by atoms with Crippen molar-refractivity contribution in [3.05, 3.63) is 0 Å². The third-order valence-corrected chi connectivity index (χ3v) is 8.40. The van der Waals surface area contributed by atoms with E-state index in [-0.39, 0.29) is 19.3 Å². The Bertz CT molecular complexity index is 623. The van der Waals surface area contributed by atoms with Crippen LogP contribution in [-0.4, -0.2) is 38.2 Å². The van der Waals surface area contributed by atoms with Crippen LogP contribution in [0.3, 0.4) is 0 Å². The first-order valence-corrected chi connectivity index (χ1v) is 13.9. The van der Waals surface area contributed by atoms with Crippen LogP contribution in [0.15, 0.2) is 0 Å². The third kappa shape index (κ3) is 14.4. The minimum absolute atomic E-state index is 0.121. The quantitative estimate of drug-likeness (QED) is 0.118. The number of carbonyl (C=O) groups is 2. The number of rotatable bonds is 18. The summed E-state index contributed by atoms with van der Waals surface area (Å²) < 4.78 is 4.62. The lowest BCUT2D eigenvalue weighted by Crippen LogP contribution is -2.39. The van der Waals surface area contributed by atoms with Gasteiger partial charge in [-0.05, 0) is 38.9 Å². The van der Waals surface area contributed by atoms with Crippen molar-refractivity contribution >= 4 is 51.2 Å². The highest BCUT2D eigenvalue weighted by Crippen LogP contribution is 2.43. The molecule has 1 N–H and O–H groups in total. The van der Waals surface area contributed by atoms with E-state index in [0.717, 1.165) is 12.2 Å². The van der Waals surface area contributed by atoms with Crippen molar-refractivity contribution in [3.8, 4) is 6.07 Å². The third-order valence-electron chi connectivity index (χ3n) is 5.53. The summed E-state index contributed by atoms with van der Waals surface area (Å²) in [5.41, 5.74) is -0.953. The molecule has 0 radical (unpaired) electrons. The number of methoxy groups -OCH3 is 1. The first kappa shape index (κ1) is 31.2. The van der Waals surface area contributed by atoms with E-state index in [0.29, 0.717) is 3.53 Å². The number of carboxylic acid groups (broad SMARTS) is 1. The maximum absolute atomic E-state index is 12.5. The van der Waals surface area contributed by atoms with Gasteiger partial charge < -0.3 is 9.84 Å². The summed E-state index contributed by atoms with van der Waals surface area (Å²) in [6.07, 6.45) is 13.1. The molecule has 0 spiro atoms. The summed E-state index contributed by atoms with van der Waals surface area (Å²) in [7, 11) is 1.32. The van der Waals surface area contributed by atoms with Gasteiger partial charge in [-0.2, -0.15) is 5.26 Å². The van der Waals surface area contributed by atoms with Gasteiger partial charge in [0, 0.05) is 6.42 Å². The molecule has 2 unspecified atom stereocenters. The Hall–Kier alpha value is -0.780. The summed E-state index contributed by atoms with van der Waals surface area (Å²) >= 11 is 8.34. The van der Waals surface area contributed by atoms with E-state index >= 15 is 0 Å². The molecule has 0 aliphatic carbocycles. The van der Waals surface area contributed by atoms with Crippen molar-refractivity contribution in [3.63, 3.8) is 0 Å². The monoisotopic (exact) mass is 503 g/mol. The summed E-state index contributed by atoms with van der Waals surface area (Å²) in [6, 6.07) is 2.20. The van der Waals surface area contributed by atoms with E-state index in [2.05, 4.69) is 13.0 Å². The minimum atomic E-state index is -1.03. The molecule has 0 fully saturated rings. The molecule has 0 aliphatic heterocycles. The predicted molar refractivity (Wildman–Crippen MR) is 140 cm³/mol. The topological polar surface area (TPSA) is 87.4 Å². The van der Waals surface area contributed by atoms with Crippen molar-refractivity contribution < 1.29 is 19.4 Å². The number of esters is 1. The van der Waals surface area contributed by atoms with Gasteiger partial charge in [0.2, 0.25) is 0 Å². The molecule has 0 saturated carbocycles. The van der Waals surface area contributed by atoms with Gasteiger partial charge in [-0.3, -0.25) is 9.59 Å². The number of aliphatic carboxylic acids is 1. The first-order valence-electron chi connectivity index (χ1n) is 11.7. The summed E-state index contributed by atoms with van der Waals surface area (Å²) in [5.74, 6) is -0.489. The molecule has 2 atom stereocenters. The zero-order valence-corrected chi connectivity index (χ0v) is 22.7. The van der Waals surface area contributed by atoms with Crippen molar-refractivity contribution in [2.24, 2.45) is 5.41 Å². The SMILES string of the molecule is CCCCCCCCCCCCSC(=S)SC(C)(CC(C)(C#N)CCC(=O)O)C(=O)OC. The lowest BCUT2D eigenvalue weighted by molar-refractivity contribution is -0.143. The van der Waals surface area contributed by atoms with Crippen LogP contribution >= 0.6 is 35.7 Å². The van der Waals surface area contributed by atoms with Crippen molar-refractivity contribution in [2.75, 3.05) is 12.9 Å². The maximum atomic E-state index is 12.5. The second kappa shape index (κ2) is 17.7. The molecule has 0 heterocycles. The van der Waals surface area contributed by atoms with Crippen LogP contribution in [0.5, 0.6) is 0 Å². The highest BCUT2D eigenvalue weighted by Gasteiger charge is 2.43. The Kier molecular flexibility index (Phi) is 17.2. The average Bonchev–Trinajstić information content (AvgIpc) is 2.75. The fraction of sp³-hybridized carbons (Fsp3) is 0.833. The van der Waals surface area contributed by atoms with Crippen LogP contribution in [0.25, 0.3) is 0 Å². The molecule has 0 aliphatic rings. The lowest BCUT2D eigenvalue weighted by atomic mass is 9.78. The Morgan fingerprint density at radius 3 is 2.03 bits per heavy atom. The number of thioether (sulfide) groups is 2. The van der Waals surface area contributed by atoms with E-state index in [1.807, 2.05) is 0 Å². The highest BCUT2D eigenvalue weighted by atomic mass is 32.2. The van der Waals surface area contributed by atoms with E-state index in [1.54, 1.807) is 25.6 Å². The van der Waals surface area contributed by atoms with Crippen LogP contribution in [0.4, 0.5) is 0 Å². The lowest BCUT2D eigenvalue weighted by Gasteiger charge is -2.33. The molecule has 0 saturated heterocycles. The molecule has 0 bridgehead atoms. The smallest absolute Gasteiger partial charge is 0.322 e. The van der Waals surface area contributed by atoms with Crippen LogP contribution in [-0.2, 0) is 14.3 Å². The number of ether oxygens (including phenoxy) is 1. The maximum Gasteiger partial charge on any atom is 0.322 e. The van der Waals surface area contributed by atoms with E-state index in [1.165, 1.54) is 76.7 Å². The average molecular weight is 504 g/mol. The first-order chi connectivity index (χ1) is 15.1. The number of nitriles is 1. The van der Waals surface area contributed by atoms with Crippen LogP contribution < -0.4 is 0 Å². The van der Waals surface area contributed by atoms with Crippen molar-refractivity contribution in [1.82, 2.24) is 0 Å². The zero-order chi connectivity index (χ0) is 24.5. The summed E-state index contributed by atoms with van der Waals surface area (Å²) in [6.45, 7) is 5.66. The second-order valence-corrected chi connectivity index (χ2v) is 12.7. The normalized spacial score (nSPS) is 14.7. The Morgan fingerprint density at radius 1 is 1.03 bits per heavy atom. The molecule has 32 heavy (non-hydrogen) atoms. The number of unbranched alkanes of at least 4 members (excludes halogenated alkanes) is 9. The van der Waals surface area contributed by atoms with Gasteiger partial charge in [0.1, 0.15) is 8.28 Å². The number of nitrogens with zero attached hydrogens (tertiary/aromatic N) is 1. The number of hydrogen-bond acceptors (Lipinski definition) is 7. The van der Waals surface area contributed by atoms with Gasteiger partial charge in [0.05, 0.1) is 18.6 Å². The molecule has 0 aromatic heterocycles. The van der Waals surface area contributed by atoms with E-state index in [9.17, 15) is 14.9 Å².